The van der Waals surface area contributed by atoms with E-state index in [1.54, 1.807) is 25.1 Å². The van der Waals surface area contributed by atoms with E-state index in [9.17, 15) is 19.5 Å². The van der Waals surface area contributed by atoms with Gasteiger partial charge < -0.3 is 30.6 Å². The molecule has 1 saturated carbocycles. The second kappa shape index (κ2) is 11.4. The van der Waals surface area contributed by atoms with Crippen molar-refractivity contribution < 1.29 is 29.1 Å². The number of nitrogens with zero attached hydrogens (tertiary/aromatic N) is 3. The van der Waals surface area contributed by atoms with Crippen LogP contribution in [0.4, 0.5) is 5.69 Å². The maximum absolute atomic E-state index is 12.9. The smallest absolute Gasteiger partial charge is 0.270 e. The fourth-order valence-corrected chi connectivity index (χ4v) is 5.10. The Hall–Kier alpha value is -4.06. The number of carbonyl (C=O) groups excluding carboxylic acids is 3. The third-order valence-corrected chi connectivity index (χ3v) is 7.21. The summed E-state index contributed by atoms with van der Waals surface area (Å²) in [5.41, 5.74) is 2.84. The van der Waals surface area contributed by atoms with Crippen LogP contribution in [0.3, 0.4) is 0 Å². The molecule has 0 radical (unpaired) electrons. The van der Waals surface area contributed by atoms with E-state index in [0.717, 1.165) is 31.2 Å². The van der Waals surface area contributed by atoms with Crippen LogP contribution in [0.1, 0.15) is 66.6 Å². The van der Waals surface area contributed by atoms with Gasteiger partial charge >= 0.3 is 0 Å². The summed E-state index contributed by atoms with van der Waals surface area (Å²) in [6, 6.07) is 7.03. The van der Waals surface area contributed by atoms with Crippen molar-refractivity contribution in [2.45, 2.75) is 70.7 Å². The summed E-state index contributed by atoms with van der Waals surface area (Å²) in [7, 11) is 0. The maximum Gasteiger partial charge on any atom is 0.270 e. The Kier molecular flexibility index (Phi) is 7.73. The predicted octanol–water partition coefficient (Wildman–Crippen LogP) is 1.59. The van der Waals surface area contributed by atoms with Gasteiger partial charge in [0.05, 0.1) is 11.4 Å². The van der Waals surface area contributed by atoms with Gasteiger partial charge in [0, 0.05) is 19.0 Å². The number of carbonyl (C=O) groups is 3. The van der Waals surface area contributed by atoms with Crippen molar-refractivity contribution in [3.63, 3.8) is 0 Å². The van der Waals surface area contributed by atoms with Gasteiger partial charge in [0.25, 0.3) is 11.8 Å². The molecule has 0 spiro atoms. The zero-order chi connectivity index (χ0) is 27.5. The second-order valence-corrected chi connectivity index (χ2v) is 10.2. The number of benzene rings is 1. The number of aryl methyl sites for hydroxylation is 1. The number of hydrogen-bond acceptors (Lipinski definition) is 9. The Morgan fingerprint density at radius 1 is 1.18 bits per heavy atom. The topological polar surface area (TPSA) is 164 Å². The zero-order valence-electron chi connectivity index (χ0n) is 21.9. The summed E-state index contributed by atoms with van der Waals surface area (Å²) in [4.78, 5) is 50.8. The maximum atomic E-state index is 12.9. The normalized spacial score (nSPS) is 22.9. The number of anilines is 1. The van der Waals surface area contributed by atoms with Crippen LogP contribution < -0.4 is 20.7 Å². The molecule has 1 fully saturated rings. The molecular weight excluding hydrogens is 504 g/mol. The largest absolute Gasteiger partial charge is 0.482 e. The van der Waals surface area contributed by atoms with Crippen LogP contribution in [0, 0.1) is 12.8 Å². The van der Waals surface area contributed by atoms with Gasteiger partial charge in [0.15, 0.2) is 6.61 Å². The van der Waals surface area contributed by atoms with Crippen LogP contribution in [-0.2, 0) is 21.0 Å². The predicted molar refractivity (Wildman–Crippen MR) is 140 cm³/mol. The number of amides is 3. The quantitative estimate of drug-likeness (QED) is 0.414. The molecule has 2 aromatic rings. The average molecular weight is 537 g/mol. The molecule has 3 amide bonds. The molecule has 206 valence electrons. The Morgan fingerprint density at radius 3 is 2.74 bits per heavy atom. The lowest BCUT2D eigenvalue weighted by Gasteiger charge is -2.31. The number of oxime groups is 1. The van der Waals surface area contributed by atoms with Crippen molar-refractivity contribution in [2.24, 2.45) is 11.1 Å². The van der Waals surface area contributed by atoms with E-state index in [4.69, 9.17) is 9.57 Å². The summed E-state index contributed by atoms with van der Waals surface area (Å²) in [6.07, 6.45) is 2.88. The number of rotatable bonds is 7. The lowest BCUT2D eigenvalue weighted by atomic mass is 9.81. The first-order valence-corrected chi connectivity index (χ1v) is 13.2. The highest BCUT2D eigenvalue weighted by atomic mass is 16.6. The van der Waals surface area contributed by atoms with Gasteiger partial charge in [-0.3, -0.25) is 14.4 Å². The van der Waals surface area contributed by atoms with Crippen molar-refractivity contribution in [3.05, 3.63) is 47.0 Å². The van der Waals surface area contributed by atoms with Crippen LogP contribution in [0.5, 0.6) is 5.75 Å². The fraction of sp³-hybridized carbons (Fsp3) is 0.481. The number of hydrogen-bond donors (Lipinski definition) is 4. The Bertz CT molecular complexity index is 1300. The van der Waals surface area contributed by atoms with Crippen LogP contribution in [0.15, 0.2) is 29.4 Å². The van der Waals surface area contributed by atoms with Crippen molar-refractivity contribution >= 4 is 29.1 Å². The first-order chi connectivity index (χ1) is 18.7. The molecule has 3 heterocycles. The standard InChI is InChI=1S/C27H32N6O6/c1-14(34)26(36)31-18-6-4-17(5-7-18)24-11-20(33-39-24)19-10-22(30-15(2)29-19)27(37)28-12-16-3-8-23-21(9-16)32-25(35)13-38-23/h3,8-10,14,17-18,24,34H,4-7,11-13H2,1-2H3,(H,28,37)(H,31,36)(H,32,35)/t14-,17-,18-,24-/m0/s1. The van der Waals surface area contributed by atoms with E-state index >= 15 is 0 Å². The first kappa shape index (κ1) is 26.5. The second-order valence-electron chi connectivity index (χ2n) is 10.2. The van der Waals surface area contributed by atoms with Gasteiger partial charge in [-0.1, -0.05) is 11.2 Å². The van der Waals surface area contributed by atoms with E-state index in [2.05, 4.69) is 31.1 Å². The third kappa shape index (κ3) is 6.33. The molecule has 2 atom stereocenters. The summed E-state index contributed by atoms with van der Waals surface area (Å²) in [6.45, 7) is 3.42. The molecular formula is C27H32N6O6. The minimum Gasteiger partial charge on any atom is -0.482 e. The first-order valence-electron chi connectivity index (χ1n) is 13.2. The van der Waals surface area contributed by atoms with E-state index in [0.29, 0.717) is 41.0 Å². The lowest BCUT2D eigenvalue weighted by molar-refractivity contribution is -0.129. The van der Waals surface area contributed by atoms with Crippen molar-refractivity contribution in [3.8, 4) is 5.75 Å². The molecule has 0 bridgehead atoms. The number of aromatic nitrogens is 2. The van der Waals surface area contributed by atoms with Gasteiger partial charge in [0.1, 0.15) is 35.2 Å². The van der Waals surface area contributed by atoms with Gasteiger partial charge in [-0.2, -0.15) is 0 Å². The molecule has 1 aromatic heterocycles. The Morgan fingerprint density at radius 2 is 1.97 bits per heavy atom. The molecule has 39 heavy (non-hydrogen) atoms. The monoisotopic (exact) mass is 536 g/mol. The highest BCUT2D eigenvalue weighted by molar-refractivity contribution is 6.02. The van der Waals surface area contributed by atoms with Crippen molar-refractivity contribution in [1.82, 2.24) is 20.6 Å². The van der Waals surface area contributed by atoms with Gasteiger partial charge in [-0.15, -0.1) is 0 Å². The van der Waals surface area contributed by atoms with E-state index in [-0.39, 0.29) is 48.7 Å². The summed E-state index contributed by atoms with van der Waals surface area (Å²) < 4.78 is 5.37. The average Bonchev–Trinajstić information content (AvgIpc) is 3.42. The summed E-state index contributed by atoms with van der Waals surface area (Å²) in [5, 5.41) is 22.2. The fourth-order valence-electron chi connectivity index (χ4n) is 5.10. The van der Waals surface area contributed by atoms with Crippen molar-refractivity contribution in [2.75, 3.05) is 11.9 Å². The number of nitrogens with one attached hydrogen (secondary N) is 3. The van der Waals surface area contributed by atoms with Gasteiger partial charge in [0.2, 0.25) is 5.91 Å². The number of aliphatic hydroxyl groups excluding tert-OH is 1. The number of fused-ring (bicyclic) bond motifs is 1. The summed E-state index contributed by atoms with van der Waals surface area (Å²) in [5.74, 6) is 0.423. The van der Waals surface area contributed by atoms with Gasteiger partial charge in [-0.25, -0.2) is 9.97 Å². The molecule has 0 saturated heterocycles. The molecule has 0 unspecified atom stereocenters. The molecule has 3 aliphatic rings. The van der Waals surface area contributed by atoms with Crippen LogP contribution in [0.25, 0.3) is 0 Å². The Labute approximate surface area is 225 Å². The Balaban J connectivity index is 1.16. The van der Waals surface area contributed by atoms with Crippen LogP contribution in [0.2, 0.25) is 0 Å². The highest BCUT2D eigenvalue weighted by Crippen LogP contribution is 2.33. The van der Waals surface area contributed by atoms with E-state index in [1.807, 2.05) is 6.07 Å². The molecule has 12 nitrogen and oxygen atoms in total. The minimum absolute atomic E-state index is 0.0128. The SMILES string of the molecule is Cc1nc(C(=O)NCc2ccc3c(c2)NC(=O)CO3)cc(C2=NO[C@H]([C@H]3CC[C@H](NC(=O)[C@H](C)O)CC3)C2)n1. The molecule has 2 aliphatic heterocycles. The minimum atomic E-state index is -1.01. The van der Waals surface area contributed by atoms with E-state index < -0.39 is 6.10 Å². The third-order valence-electron chi connectivity index (χ3n) is 7.21. The lowest BCUT2D eigenvalue weighted by Crippen LogP contribution is -2.43. The summed E-state index contributed by atoms with van der Waals surface area (Å²) >= 11 is 0. The van der Waals surface area contributed by atoms with Crippen molar-refractivity contribution in [1.29, 1.82) is 0 Å². The molecule has 5 rings (SSSR count). The molecule has 1 aromatic carbocycles. The zero-order valence-corrected chi connectivity index (χ0v) is 21.9. The molecule has 12 heteroatoms. The highest BCUT2D eigenvalue weighted by Gasteiger charge is 2.34. The molecule has 1 aliphatic carbocycles. The van der Waals surface area contributed by atoms with Crippen LogP contribution >= 0.6 is 0 Å². The number of aliphatic hydroxyl groups is 1. The van der Waals surface area contributed by atoms with E-state index in [1.165, 1.54) is 6.92 Å². The van der Waals surface area contributed by atoms with Crippen LogP contribution in [-0.4, -0.2) is 63.4 Å². The number of ether oxygens (including phenoxy) is 1. The molecule has 4 N–H and O–H groups in total. The van der Waals surface area contributed by atoms with Gasteiger partial charge in [-0.05, 0) is 69.2 Å².